The van der Waals surface area contributed by atoms with Crippen molar-refractivity contribution in [1.29, 1.82) is 0 Å². The van der Waals surface area contributed by atoms with E-state index >= 15 is 0 Å². The topological polar surface area (TPSA) is 3.24 Å². The molecule has 2 heteroatoms. The number of likely N-dealkylation sites (N-methyl/N-ethyl adjacent to an activating group) is 1. The molecule has 0 bridgehead atoms. The Morgan fingerprint density at radius 2 is 1.43 bits per heavy atom. The highest BCUT2D eigenvalue weighted by atomic mass is 15.1. The summed E-state index contributed by atoms with van der Waals surface area (Å²) in [6.07, 6.45) is 12.6. The fourth-order valence-corrected chi connectivity index (χ4v) is 2.05. The summed E-state index contributed by atoms with van der Waals surface area (Å²) >= 11 is 0. The van der Waals surface area contributed by atoms with Crippen molar-refractivity contribution in [2.75, 3.05) is 7.05 Å². The van der Waals surface area contributed by atoms with Crippen LogP contribution in [-0.2, 0) is 0 Å². The van der Waals surface area contributed by atoms with Crippen LogP contribution in [0.3, 0.4) is 0 Å². The predicted molar refractivity (Wildman–Crippen MR) is 96.8 cm³/mol. The smallest absolute Gasteiger partial charge is 0.250 e. The second-order valence-electron chi connectivity index (χ2n) is 4.73. The van der Waals surface area contributed by atoms with Gasteiger partial charge >= 0.3 is 0 Å². The van der Waals surface area contributed by atoms with Gasteiger partial charge in [0.2, 0.25) is 7.28 Å². The molecule has 0 aliphatic rings. The molecule has 0 fully saturated rings. The third-order valence-corrected chi connectivity index (χ3v) is 3.03. The quantitative estimate of drug-likeness (QED) is 0.382. The lowest BCUT2D eigenvalue weighted by atomic mass is 9.70. The summed E-state index contributed by atoms with van der Waals surface area (Å²) in [6, 6.07) is 0. The van der Waals surface area contributed by atoms with Gasteiger partial charge in [0.05, 0.1) is 0 Å². The summed E-state index contributed by atoms with van der Waals surface area (Å²) < 4.78 is 0. The van der Waals surface area contributed by atoms with E-state index in [1.807, 2.05) is 35.0 Å². The van der Waals surface area contributed by atoms with Gasteiger partial charge in [-0.25, -0.2) is 0 Å². The zero-order chi connectivity index (χ0) is 16.3. The molecule has 0 heterocycles. The van der Waals surface area contributed by atoms with Crippen LogP contribution in [0.1, 0.15) is 41.5 Å². The summed E-state index contributed by atoms with van der Waals surface area (Å²) in [5.41, 5.74) is 4.72. The molecule has 0 saturated heterocycles. The molecule has 0 aromatic heterocycles. The molecule has 0 spiro atoms. The first-order valence-electron chi connectivity index (χ1n) is 7.32. The highest BCUT2D eigenvalue weighted by molar-refractivity contribution is 6.54. The van der Waals surface area contributed by atoms with Gasteiger partial charge in [-0.2, -0.15) is 5.82 Å². The van der Waals surface area contributed by atoms with Crippen LogP contribution in [0.2, 0.25) is 0 Å². The lowest BCUT2D eigenvalue weighted by Crippen LogP contribution is -2.19. The maximum absolute atomic E-state index is 3.03. The fourth-order valence-electron chi connectivity index (χ4n) is 2.05. The van der Waals surface area contributed by atoms with E-state index in [0.29, 0.717) is 0 Å². The van der Waals surface area contributed by atoms with Gasteiger partial charge in [0.15, 0.2) is 0 Å². The Morgan fingerprint density at radius 1 is 0.905 bits per heavy atom. The standard InChI is InChI=1S/C19H27BN/c1-8-12-16(5)18(13-9-2)21(7)19(14-10-3)17(6)20-15-11-4/h8-10,12-14H,1-7H3/b12-8-,13-9-,14-10-,18-16+,19-17+. The molecule has 1 nitrogen and oxygen atoms in total. The van der Waals surface area contributed by atoms with Crippen molar-refractivity contribution < 1.29 is 0 Å². The van der Waals surface area contributed by atoms with Gasteiger partial charge in [0.1, 0.15) is 0 Å². The summed E-state index contributed by atoms with van der Waals surface area (Å²) in [7, 11) is 4.05. The monoisotopic (exact) mass is 280 g/mol. The summed E-state index contributed by atoms with van der Waals surface area (Å²) in [6.45, 7) is 12.2. The Labute approximate surface area is 132 Å². The molecule has 0 amide bonds. The molecule has 0 atom stereocenters. The van der Waals surface area contributed by atoms with Gasteiger partial charge in [-0.05, 0) is 59.3 Å². The van der Waals surface area contributed by atoms with Crippen molar-refractivity contribution in [2.24, 2.45) is 0 Å². The van der Waals surface area contributed by atoms with E-state index in [1.165, 1.54) is 11.3 Å². The van der Waals surface area contributed by atoms with Gasteiger partial charge < -0.3 is 4.90 Å². The van der Waals surface area contributed by atoms with E-state index in [0.717, 1.165) is 11.2 Å². The molecule has 0 aliphatic heterocycles. The first-order valence-corrected chi connectivity index (χ1v) is 7.32. The van der Waals surface area contributed by atoms with Crippen molar-refractivity contribution >= 4 is 7.28 Å². The normalized spacial score (nSPS) is 14.0. The molecule has 111 valence electrons. The van der Waals surface area contributed by atoms with E-state index in [4.69, 9.17) is 0 Å². The molecule has 0 N–H and O–H groups in total. The number of hydrogen-bond acceptors (Lipinski definition) is 1. The number of allylic oxidation sites excluding steroid dienone is 8. The minimum atomic E-state index is 1.15. The van der Waals surface area contributed by atoms with E-state index in [-0.39, 0.29) is 0 Å². The lowest BCUT2D eigenvalue weighted by Gasteiger charge is -2.25. The molecular formula is C19H27BN. The lowest BCUT2D eigenvalue weighted by molar-refractivity contribution is 0.546. The average molecular weight is 280 g/mol. The van der Waals surface area contributed by atoms with Gasteiger partial charge in [-0.1, -0.05) is 29.8 Å². The summed E-state index contributed by atoms with van der Waals surface area (Å²) in [5, 5.41) is 0. The number of hydrogen-bond donors (Lipinski definition) is 0. The first kappa shape index (κ1) is 19.1. The molecule has 21 heavy (non-hydrogen) atoms. The summed E-state index contributed by atoms with van der Waals surface area (Å²) in [5.74, 6) is 5.94. The zero-order valence-electron chi connectivity index (χ0n) is 14.5. The minimum absolute atomic E-state index is 1.15. The number of rotatable bonds is 6. The van der Waals surface area contributed by atoms with Crippen LogP contribution in [-0.4, -0.2) is 19.2 Å². The van der Waals surface area contributed by atoms with Crippen LogP contribution >= 0.6 is 0 Å². The molecule has 1 radical (unpaired) electrons. The van der Waals surface area contributed by atoms with Gasteiger partial charge in [0.25, 0.3) is 0 Å². The Morgan fingerprint density at radius 3 is 1.90 bits per heavy atom. The molecule has 0 saturated carbocycles. The fraction of sp³-hybridized carbons (Fsp3) is 0.368. The first-order chi connectivity index (χ1) is 10.0. The average Bonchev–Trinajstić information content (AvgIpc) is 2.47. The second-order valence-corrected chi connectivity index (χ2v) is 4.73. The van der Waals surface area contributed by atoms with E-state index in [1.54, 1.807) is 0 Å². The number of nitrogens with zero attached hydrogens (tertiary/aromatic N) is 1. The molecule has 0 aromatic rings. The van der Waals surface area contributed by atoms with Crippen molar-refractivity contribution in [3.63, 3.8) is 0 Å². The minimum Gasteiger partial charge on any atom is -0.345 e. The maximum Gasteiger partial charge on any atom is 0.250 e. The largest absolute Gasteiger partial charge is 0.345 e. The summed E-state index contributed by atoms with van der Waals surface area (Å²) in [4.78, 5) is 2.21. The van der Waals surface area contributed by atoms with Gasteiger partial charge in [-0.3, -0.25) is 0 Å². The van der Waals surface area contributed by atoms with Crippen LogP contribution < -0.4 is 0 Å². The second kappa shape index (κ2) is 10.9. The van der Waals surface area contributed by atoms with Crippen molar-refractivity contribution in [3.05, 3.63) is 58.9 Å². The molecular weight excluding hydrogens is 253 g/mol. The van der Waals surface area contributed by atoms with Crippen LogP contribution in [0.25, 0.3) is 0 Å². The van der Waals surface area contributed by atoms with E-state index < -0.39 is 0 Å². The Balaban J connectivity index is 5.88. The van der Waals surface area contributed by atoms with Crippen molar-refractivity contribution in [3.8, 4) is 11.7 Å². The highest BCUT2D eigenvalue weighted by Gasteiger charge is 2.10. The van der Waals surface area contributed by atoms with Crippen molar-refractivity contribution in [2.45, 2.75) is 41.5 Å². The molecule has 0 rings (SSSR count). The van der Waals surface area contributed by atoms with E-state index in [9.17, 15) is 0 Å². The van der Waals surface area contributed by atoms with E-state index in [2.05, 4.69) is 74.0 Å². The Kier molecular flexibility index (Phi) is 9.89. The Hall–Kier alpha value is -1.88. The zero-order valence-corrected chi connectivity index (χ0v) is 14.5. The molecule has 0 aliphatic carbocycles. The molecule has 0 unspecified atom stereocenters. The van der Waals surface area contributed by atoms with Crippen LogP contribution in [0.4, 0.5) is 0 Å². The molecule has 0 aromatic carbocycles. The van der Waals surface area contributed by atoms with Gasteiger partial charge in [-0.15, -0.1) is 5.92 Å². The third-order valence-electron chi connectivity index (χ3n) is 3.03. The highest BCUT2D eigenvalue weighted by Crippen LogP contribution is 2.20. The predicted octanol–water partition coefficient (Wildman–Crippen LogP) is 4.84. The maximum atomic E-state index is 3.03. The van der Waals surface area contributed by atoms with Crippen LogP contribution in [0.5, 0.6) is 0 Å². The third kappa shape index (κ3) is 6.41. The van der Waals surface area contributed by atoms with Crippen LogP contribution in [0.15, 0.2) is 58.9 Å². The SMILES string of the molecule is CC#C[B]/C(C)=C(\C=C/C)N(C)C(/C=C\C)=C(C)/C=C\C. The van der Waals surface area contributed by atoms with Crippen molar-refractivity contribution in [1.82, 2.24) is 4.90 Å². The van der Waals surface area contributed by atoms with Crippen LogP contribution in [0, 0.1) is 11.7 Å². The Bertz CT molecular complexity index is 534. The van der Waals surface area contributed by atoms with Gasteiger partial charge in [0, 0.05) is 18.4 Å².